The molecule has 7 nitrogen and oxygen atoms in total. The second-order valence-corrected chi connectivity index (χ2v) is 5.96. The minimum atomic E-state index is -1.19. The van der Waals surface area contributed by atoms with Gasteiger partial charge in [-0.05, 0) is 12.1 Å². The molecule has 0 bridgehead atoms. The van der Waals surface area contributed by atoms with E-state index in [4.69, 9.17) is 10.5 Å². The first-order chi connectivity index (χ1) is 13.5. The fourth-order valence-electron chi connectivity index (χ4n) is 2.66. The number of carbonyl (C=O) groups excluding carboxylic acids is 2. The summed E-state index contributed by atoms with van der Waals surface area (Å²) in [6.07, 6.45) is -1.19. The highest BCUT2D eigenvalue weighted by atomic mass is 16.6. The number of Topliss-reactive ketones (excluding diaryl/α,β-unsaturated/α-hetero) is 1. The number of anilines is 1. The summed E-state index contributed by atoms with van der Waals surface area (Å²) in [4.78, 5) is 35.9. The van der Waals surface area contributed by atoms with Gasteiger partial charge in [-0.25, -0.2) is 4.79 Å². The first-order valence-corrected chi connectivity index (χ1v) is 8.36. The van der Waals surface area contributed by atoms with Gasteiger partial charge in [-0.1, -0.05) is 60.7 Å². The van der Waals surface area contributed by atoms with E-state index in [1.807, 2.05) is 0 Å². The van der Waals surface area contributed by atoms with Gasteiger partial charge in [0.1, 0.15) is 5.69 Å². The zero-order chi connectivity index (χ0) is 20.1. The van der Waals surface area contributed by atoms with Gasteiger partial charge in [0.25, 0.3) is 5.69 Å². The normalized spacial score (nSPS) is 11.4. The Labute approximate surface area is 160 Å². The van der Waals surface area contributed by atoms with E-state index in [-0.39, 0.29) is 11.3 Å². The number of esters is 1. The van der Waals surface area contributed by atoms with Crippen molar-refractivity contribution in [3.8, 4) is 0 Å². The molecule has 3 rings (SSSR count). The van der Waals surface area contributed by atoms with Crippen LogP contribution in [0.2, 0.25) is 0 Å². The van der Waals surface area contributed by atoms with Crippen LogP contribution < -0.4 is 5.73 Å². The molecular weight excluding hydrogens is 360 g/mol. The Morgan fingerprint density at radius 1 is 0.893 bits per heavy atom. The van der Waals surface area contributed by atoms with Crippen LogP contribution in [0.25, 0.3) is 0 Å². The predicted molar refractivity (Wildman–Crippen MR) is 103 cm³/mol. The third-order valence-corrected chi connectivity index (χ3v) is 4.09. The second-order valence-electron chi connectivity index (χ2n) is 5.96. The van der Waals surface area contributed by atoms with E-state index >= 15 is 0 Å². The zero-order valence-electron chi connectivity index (χ0n) is 14.6. The smallest absolute Gasteiger partial charge is 0.339 e. The highest BCUT2D eigenvalue weighted by Gasteiger charge is 2.27. The number of nitro groups is 1. The molecule has 0 aliphatic heterocycles. The van der Waals surface area contributed by atoms with E-state index in [9.17, 15) is 19.7 Å². The van der Waals surface area contributed by atoms with Gasteiger partial charge in [0.2, 0.25) is 5.78 Å². The topological polar surface area (TPSA) is 113 Å². The maximum absolute atomic E-state index is 12.9. The lowest BCUT2D eigenvalue weighted by molar-refractivity contribution is -0.383. The number of ether oxygens (including phenoxy) is 1. The lowest BCUT2D eigenvalue weighted by atomic mass is 9.99. The molecule has 0 saturated heterocycles. The predicted octanol–water partition coefficient (Wildman–Crippen LogP) is 3.96. The van der Waals surface area contributed by atoms with Gasteiger partial charge in [-0.15, -0.1) is 0 Å². The lowest BCUT2D eigenvalue weighted by Crippen LogP contribution is -2.20. The number of nitrogen functional groups attached to an aromatic ring is 1. The van der Waals surface area contributed by atoms with Crippen molar-refractivity contribution in [2.45, 2.75) is 6.10 Å². The lowest BCUT2D eigenvalue weighted by Gasteiger charge is -2.17. The van der Waals surface area contributed by atoms with E-state index in [1.165, 1.54) is 12.1 Å². The fraction of sp³-hybridized carbons (Fsp3) is 0.0476. The number of benzene rings is 3. The summed E-state index contributed by atoms with van der Waals surface area (Å²) < 4.78 is 5.46. The molecule has 28 heavy (non-hydrogen) atoms. The fourth-order valence-corrected chi connectivity index (χ4v) is 2.66. The van der Waals surface area contributed by atoms with E-state index in [0.29, 0.717) is 11.1 Å². The molecule has 0 aliphatic carbocycles. The molecule has 1 unspecified atom stereocenters. The van der Waals surface area contributed by atoms with Crippen molar-refractivity contribution in [2.75, 3.05) is 5.73 Å². The largest absolute Gasteiger partial charge is 0.445 e. The number of rotatable bonds is 6. The van der Waals surface area contributed by atoms with Gasteiger partial charge >= 0.3 is 5.97 Å². The molecule has 0 spiro atoms. The first kappa shape index (κ1) is 18.8. The van der Waals surface area contributed by atoms with Crippen molar-refractivity contribution in [3.63, 3.8) is 0 Å². The number of ketones is 1. The van der Waals surface area contributed by atoms with Crippen LogP contribution in [0.1, 0.15) is 32.4 Å². The molecule has 0 aliphatic rings. The van der Waals surface area contributed by atoms with Gasteiger partial charge in [-0.3, -0.25) is 14.9 Å². The second kappa shape index (κ2) is 8.13. The highest BCUT2D eigenvalue weighted by molar-refractivity contribution is 6.02. The van der Waals surface area contributed by atoms with Crippen LogP contribution in [0.4, 0.5) is 11.4 Å². The van der Waals surface area contributed by atoms with Gasteiger partial charge in [0, 0.05) is 17.2 Å². The number of hydrogen-bond donors (Lipinski definition) is 1. The molecule has 3 aromatic rings. The van der Waals surface area contributed by atoms with Crippen LogP contribution in [0.5, 0.6) is 0 Å². The molecule has 0 fully saturated rings. The zero-order valence-corrected chi connectivity index (χ0v) is 14.6. The summed E-state index contributed by atoms with van der Waals surface area (Å²) in [7, 11) is 0. The molecule has 0 radical (unpaired) electrons. The molecule has 1 atom stereocenters. The van der Waals surface area contributed by atoms with Crippen LogP contribution in [-0.2, 0) is 4.74 Å². The molecule has 0 saturated carbocycles. The van der Waals surface area contributed by atoms with E-state index in [0.717, 1.165) is 6.07 Å². The average molecular weight is 376 g/mol. The Kier molecular flexibility index (Phi) is 5.45. The monoisotopic (exact) mass is 376 g/mol. The molecule has 140 valence electrons. The van der Waals surface area contributed by atoms with Crippen LogP contribution in [0.3, 0.4) is 0 Å². The Bertz CT molecular complexity index is 1020. The van der Waals surface area contributed by atoms with Gasteiger partial charge in [0.15, 0.2) is 6.10 Å². The standard InChI is InChI=1S/C21H16N2O5/c22-17-12-11-16(13-18(17)23(26)27)21(25)28-20(15-9-5-2-6-10-15)19(24)14-7-3-1-4-8-14/h1-13,20H,22H2. The minimum Gasteiger partial charge on any atom is -0.445 e. The van der Waals surface area contributed by atoms with Gasteiger partial charge in [0.05, 0.1) is 10.5 Å². The van der Waals surface area contributed by atoms with E-state index in [2.05, 4.69) is 0 Å². The molecule has 2 N–H and O–H groups in total. The number of hydrogen-bond acceptors (Lipinski definition) is 6. The number of nitro benzene ring substituents is 1. The minimum absolute atomic E-state index is 0.0670. The van der Waals surface area contributed by atoms with Crippen LogP contribution >= 0.6 is 0 Å². The maximum atomic E-state index is 12.9. The van der Waals surface area contributed by atoms with Crippen molar-refractivity contribution in [3.05, 3.63) is 106 Å². The third-order valence-electron chi connectivity index (χ3n) is 4.09. The summed E-state index contributed by atoms with van der Waals surface area (Å²) in [5.41, 5.74) is 5.90. The number of nitrogens with two attached hydrogens (primary N) is 1. The summed E-state index contributed by atoms with van der Waals surface area (Å²) >= 11 is 0. The first-order valence-electron chi connectivity index (χ1n) is 8.36. The molecule has 0 amide bonds. The number of carbonyl (C=O) groups is 2. The summed E-state index contributed by atoms with van der Waals surface area (Å²) in [5, 5.41) is 11.1. The highest BCUT2D eigenvalue weighted by Crippen LogP contribution is 2.27. The van der Waals surface area contributed by atoms with Crippen LogP contribution in [0.15, 0.2) is 78.9 Å². The van der Waals surface area contributed by atoms with Crippen LogP contribution in [-0.4, -0.2) is 16.7 Å². The van der Waals surface area contributed by atoms with E-state index < -0.39 is 28.5 Å². The molecule has 0 aromatic heterocycles. The Morgan fingerprint density at radius 3 is 2.11 bits per heavy atom. The maximum Gasteiger partial charge on any atom is 0.339 e. The summed E-state index contributed by atoms with van der Waals surface area (Å²) in [5.74, 6) is -1.26. The van der Waals surface area contributed by atoms with Crippen molar-refractivity contribution in [2.24, 2.45) is 0 Å². The molecule has 7 heteroatoms. The Morgan fingerprint density at radius 2 is 1.50 bits per heavy atom. The SMILES string of the molecule is Nc1ccc(C(=O)OC(C(=O)c2ccccc2)c2ccccc2)cc1[N+](=O)[O-]. The summed E-state index contributed by atoms with van der Waals surface area (Å²) in [6.45, 7) is 0. The number of nitrogens with zero attached hydrogens (tertiary/aromatic N) is 1. The average Bonchev–Trinajstić information content (AvgIpc) is 2.72. The van der Waals surface area contributed by atoms with Crippen molar-refractivity contribution >= 4 is 23.1 Å². The third kappa shape index (κ3) is 4.04. The Hall–Kier alpha value is -4.00. The van der Waals surface area contributed by atoms with Gasteiger partial charge in [-0.2, -0.15) is 0 Å². The van der Waals surface area contributed by atoms with Crippen molar-refractivity contribution < 1.29 is 19.2 Å². The van der Waals surface area contributed by atoms with Gasteiger partial charge < -0.3 is 10.5 Å². The van der Waals surface area contributed by atoms with Crippen molar-refractivity contribution in [1.82, 2.24) is 0 Å². The molecule has 3 aromatic carbocycles. The van der Waals surface area contributed by atoms with E-state index in [1.54, 1.807) is 60.7 Å². The quantitative estimate of drug-likeness (QED) is 0.229. The summed E-state index contributed by atoms with van der Waals surface area (Å²) in [6, 6.07) is 20.6. The van der Waals surface area contributed by atoms with Crippen molar-refractivity contribution in [1.29, 1.82) is 0 Å². The molecule has 0 heterocycles. The Balaban J connectivity index is 1.94. The van der Waals surface area contributed by atoms with Crippen LogP contribution in [0, 0.1) is 10.1 Å². The molecular formula is C21H16N2O5.